The summed E-state index contributed by atoms with van der Waals surface area (Å²) >= 11 is 0. The second-order valence-corrected chi connectivity index (χ2v) is 5.47. The SMILES string of the molecule is CCOc1cc(C(=O)OCC(=O)c2ccccc2)cc(OCC)c1OCC. The van der Waals surface area contributed by atoms with Crippen LogP contribution in [0.3, 0.4) is 0 Å². The van der Waals surface area contributed by atoms with Crippen LogP contribution in [0.4, 0.5) is 0 Å². The van der Waals surface area contributed by atoms with Gasteiger partial charge in [-0.05, 0) is 32.9 Å². The highest BCUT2D eigenvalue weighted by molar-refractivity contribution is 5.99. The van der Waals surface area contributed by atoms with Gasteiger partial charge in [-0.25, -0.2) is 4.79 Å². The van der Waals surface area contributed by atoms with Crippen molar-refractivity contribution in [3.63, 3.8) is 0 Å². The molecule has 0 saturated carbocycles. The average Bonchev–Trinajstić information content (AvgIpc) is 2.69. The molecule has 27 heavy (non-hydrogen) atoms. The van der Waals surface area contributed by atoms with Crippen molar-refractivity contribution in [3.8, 4) is 17.2 Å². The van der Waals surface area contributed by atoms with Crippen molar-refractivity contribution in [2.45, 2.75) is 20.8 Å². The van der Waals surface area contributed by atoms with E-state index in [0.29, 0.717) is 42.6 Å². The third-order valence-electron chi connectivity index (χ3n) is 3.57. The molecule has 0 N–H and O–H groups in total. The van der Waals surface area contributed by atoms with Crippen molar-refractivity contribution in [1.82, 2.24) is 0 Å². The quantitative estimate of drug-likeness (QED) is 0.465. The van der Waals surface area contributed by atoms with Crippen LogP contribution < -0.4 is 14.2 Å². The van der Waals surface area contributed by atoms with E-state index in [9.17, 15) is 9.59 Å². The van der Waals surface area contributed by atoms with Crippen molar-refractivity contribution in [3.05, 3.63) is 53.6 Å². The number of Topliss-reactive ketones (excluding diaryl/α,β-unsaturated/α-hetero) is 1. The Hall–Kier alpha value is -3.02. The van der Waals surface area contributed by atoms with Gasteiger partial charge in [0.2, 0.25) is 5.75 Å². The standard InChI is InChI=1S/C21H24O6/c1-4-24-18-12-16(13-19(25-5-2)20(18)26-6-3)21(23)27-14-17(22)15-10-8-7-9-11-15/h7-13H,4-6,14H2,1-3H3. The molecule has 144 valence electrons. The summed E-state index contributed by atoms with van der Waals surface area (Å²) in [5.74, 6) is 0.325. The number of rotatable bonds is 10. The van der Waals surface area contributed by atoms with Gasteiger partial charge in [-0.15, -0.1) is 0 Å². The van der Waals surface area contributed by atoms with Crippen LogP contribution in [0, 0.1) is 0 Å². The van der Waals surface area contributed by atoms with Gasteiger partial charge in [0.25, 0.3) is 0 Å². The van der Waals surface area contributed by atoms with E-state index in [1.807, 2.05) is 26.8 Å². The van der Waals surface area contributed by atoms with Gasteiger partial charge in [-0.2, -0.15) is 0 Å². The predicted octanol–water partition coefficient (Wildman–Crippen LogP) is 3.92. The molecule has 6 nitrogen and oxygen atoms in total. The van der Waals surface area contributed by atoms with E-state index in [0.717, 1.165) is 0 Å². The zero-order chi connectivity index (χ0) is 19.6. The van der Waals surface area contributed by atoms with Gasteiger partial charge >= 0.3 is 5.97 Å². The molecule has 2 rings (SSSR count). The van der Waals surface area contributed by atoms with E-state index in [1.165, 1.54) is 12.1 Å². The Labute approximate surface area is 159 Å². The summed E-state index contributed by atoms with van der Waals surface area (Å²) in [5, 5.41) is 0. The Morgan fingerprint density at radius 3 is 1.85 bits per heavy atom. The number of esters is 1. The number of hydrogen-bond acceptors (Lipinski definition) is 6. The van der Waals surface area contributed by atoms with Gasteiger partial charge in [0.15, 0.2) is 23.9 Å². The van der Waals surface area contributed by atoms with E-state index in [2.05, 4.69) is 0 Å². The molecule has 0 aromatic heterocycles. The first-order valence-corrected chi connectivity index (χ1v) is 8.92. The lowest BCUT2D eigenvalue weighted by molar-refractivity contribution is 0.0474. The first-order valence-electron chi connectivity index (χ1n) is 8.92. The minimum Gasteiger partial charge on any atom is -0.490 e. The van der Waals surface area contributed by atoms with Crippen molar-refractivity contribution in [1.29, 1.82) is 0 Å². The molecule has 0 fully saturated rings. The summed E-state index contributed by atoms with van der Waals surface area (Å²) in [7, 11) is 0. The monoisotopic (exact) mass is 372 g/mol. The number of hydrogen-bond donors (Lipinski definition) is 0. The maximum atomic E-state index is 12.4. The normalized spacial score (nSPS) is 10.2. The summed E-state index contributed by atoms with van der Waals surface area (Å²) in [6, 6.07) is 11.7. The molecular formula is C21H24O6. The van der Waals surface area contributed by atoms with E-state index in [1.54, 1.807) is 24.3 Å². The fourth-order valence-electron chi connectivity index (χ4n) is 2.43. The predicted molar refractivity (Wildman–Crippen MR) is 101 cm³/mol. The fraction of sp³-hybridized carbons (Fsp3) is 0.333. The van der Waals surface area contributed by atoms with Gasteiger partial charge in [-0.1, -0.05) is 30.3 Å². The first-order chi connectivity index (χ1) is 13.1. The zero-order valence-electron chi connectivity index (χ0n) is 15.8. The molecule has 0 amide bonds. The molecule has 2 aromatic carbocycles. The van der Waals surface area contributed by atoms with E-state index in [-0.39, 0.29) is 18.0 Å². The largest absolute Gasteiger partial charge is 0.490 e. The molecule has 0 aliphatic heterocycles. The molecule has 0 unspecified atom stereocenters. The number of carbonyl (C=O) groups is 2. The van der Waals surface area contributed by atoms with Crippen molar-refractivity contribution < 1.29 is 28.5 Å². The van der Waals surface area contributed by atoms with Crippen LogP contribution in [-0.4, -0.2) is 38.2 Å². The molecule has 2 aromatic rings. The molecular weight excluding hydrogens is 348 g/mol. The molecule has 0 heterocycles. The Kier molecular flexibility index (Phi) is 7.67. The lowest BCUT2D eigenvalue weighted by Gasteiger charge is -2.16. The maximum Gasteiger partial charge on any atom is 0.338 e. The number of carbonyl (C=O) groups excluding carboxylic acids is 2. The molecule has 6 heteroatoms. The summed E-state index contributed by atoms with van der Waals surface area (Å²) < 4.78 is 21.9. The van der Waals surface area contributed by atoms with Crippen LogP contribution in [0.2, 0.25) is 0 Å². The number of ketones is 1. The van der Waals surface area contributed by atoms with E-state index in [4.69, 9.17) is 18.9 Å². The Morgan fingerprint density at radius 2 is 1.33 bits per heavy atom. The second kappa shape index (κ2) is 10.2. The Bertz CT molecular complexity index is 742. The molecule has 0 atom stereocenters. The highest BCUT2D eigenvalue weighted by Gasteiger charge is 2.20. The van der Waals surface area contributed by atoms with Crippen LogP contribution in [0.25, 0.3) is 0 Å². The van der Waals surface area contributed by atoms with Crippen LogP contribution in [0.15, 0.2) is 42.5 Å². The van der Waals surface area contributed by atoms with Gasteiger partial charge in [0.1, 0.15) is 0 Å². The van der Waals surface area contributed by atoms with Gasteiger partial charge in [0.05, 0.1) is 25.4 Å². The third kappa shape index (κ3) is 5.48. The Balaban J connectivity index is 2.20. The van der Waals surface area contributed by atoms with Crippen LogP contribution in [0.5, 0.6) is 17.2 Å². The summed E-state index contributed by atoms with van der Waals surface area (Å²) in [6.45, 7) is 6.40. The van der Waals surface area contributed by atoms with Crippen molar-refractivity contribution in [2.75, 3.05) is 26.4 Å². The van der Waals surface area contributed by atoms with Crippen molar-refractivity contribution >= 4 is 11.8 Å². The first kappa shape index (κ1) is 20.3. The maximum absolute atomic E-state index is 12.4. The number of benzene rings is 2. The van der Waals surface area contributed by atoms with Gasteiger partial charge in [-0.3, -0.25) is 4.79 Å². The molecule has 0 bridgehead atoms. The minimum atomic E-state index is -0.635. The molecule has 0 radical (unpaired) electrons. The highest BCUT2D eigenvalue weighted by Crippen LogP contribution is 2.39. The second-order valence-electron chi connectivity index (χ2n) is 5.47. The smallest absolute Gasteiger partial charge is 0.338 e. The molecule has 0 aliphatic rings. The van der Waals surface area contributed by atoms with Gasteiger partial charge < -0.3 is 18.9 Å². The van der Waals surface area contributed by atoms with E-state index < -0.39 is 5.97 Å². The minimum absolute atomic E-state index is 0.228. The molecule has 0 spiro atoms. The number of ether oxygens (including phenoxy) is 4. The lowest BCUT2D eigenvalue weighted by Crippen LogP contribution is -2.15. The summed E-state index contributed by atoms with van der Waals surface area (Å²) in [5.41, 5.74) is 0.716. The Morgan fingerprint density at radius 1 is 0.778 bits per heavy atom. The average molecular weight is 372 g/mol. The van der Waals surface area contributed by atoms with Crippen molar-refractivity contribution in [2.24, 2.45) is 0 Å². The third-order valence-corrected chi connectivity index (χ3v) is 3.57. The summed E-state index contributed by atoms with van der Waals surface area (Å²) in [4.78, 5) is 24.5. The molecule has 0 aliphatic carbocycles. The van der Waals surface area contributed by atoms with Crippen LogP contribution in [0.1, 0.15) is 41.5 Å². The highest BCUT2D eigenvalue weighted by atomic mass is 16.5. The lowest BCUT2D eigenvalue weighted by atomic mass is 10.1. The topological polar surface area (TPSA) is 71.1 Å². The van der Waals surface area contributed by atoms with E-state index >= 15 is 0 Å². The fourth-order valence-corrected chi connectivity index (χ4v) is 2.43. The van der Waals surface area contributed by atoms with Gasteiger partial charge in [0, 0.05) is 5.56 Å². The summed E-state index contributed by atoms with van der Waals surface area (Å²) in [6.07, 6.45) is 0. The zero-order valence-corrected chi connectivity index (χ0v) is 15.8. The van der Waals surface area contributed by atoms with Crippen LogP contribution in [-0.2, 0) is 4.74 Å². The van der Waals surface area contributed by atoms with Crippen LogP contribution >= 0.6 is 0 Å². The molecule has 0 saturated heterocycles.